The molecule has 20 heavy (non-hydrogen) atoms. The van der Waals surface area contributed by atoms with E-state index in [4.69, 9.17) is 9.47 Å². The largest absolute Gasteiger partial charge is 0.490 e. The van der Waals surface area contributed by atoms with Gasteiger partial charge in [-0.2, -0.15) is 13.2 Å². The van der Waals surface area contributed by atoms with Gasteiger partial charge in [0, 0.05) is 13.0 Å². The van der Waals surface area contributed by atoms with Gasteiger partial charge in [0.1, 0.15) is 12.4 Å². The number of halogens is 3. The average Bonchev–Trinajstić information content (AvgIpc) is 2.36. The van der Waals surface area contributed by atoms with Crippen LogP contribution in [0.25, 0.3) is 0 Å². The molecule has 0 aliphatic carbocycles. The maximum absolute atomic E-state index is 11.9. The van der Waals surface area contributed by atoms with Gasteiger partial charge < -0.3 is 9.47 Å². The molecule has 1 rings (SSSR count). The third kappa shape index (κ3) is 6.56. The third-order valence-corrected chi connectivity index (χ3v) is 2.50. The molecule has 0 N–H and O–H groups in total. The summed E-state index contributed by atoms with van der Waals surface area (Å²) >= 11 is 0. The lowest BCUT2D eigenvalue weighted by molar-refractivity contribution is -0.138. The van der Waals surface area contributed by atoms with Crippen molar-refractivity contribution in [2.24, 2.45) is 0 Å². The summed E-state index contributed by atoms with van der Waals surface area (Å²) in [5, 5.41) is 0. The average molecular weight is 290 g/mol. The zero-order valence-electron chi connectivity index (χ0n) is 11.2. The molecule has 112 valence electrons. The summed E-state index contributed by atoms with van der Waals surface area (Å²) in [7, 11) is 0. The standard InChI is InChI=1S/C14H17F3O3/c1-11(18)12-5-2-3-6-13(12)20-10-9-19-8-4-7-14(15,16)17/h2-3,5-6H,4,7-10H2,1H3. The van der Waals surface area contributed by atoms with Crippen molar-refractivity contribution in [2.75, 3.05) is 19.8 Å². The molecule has 1 aromatic rings. The lowest BCUT2D eigenvalue weighted by atomic mass is 10.1. The van der Waals surface area contributed by atoms with Crippen LogP contribution in [0.1, 0.15) is 30.1 Å². The highest BCUT2D eigenvalue weighted by molar-refractivity contribution is 5.96. The number of benzene rings is 1. The maximum Gasteiger partial charge on any atom is 0.389 e. The van der Waals surface area contributed by atoms with E-state index in [9.17, 15) is 18.0 Å². The summed E-state index contributed by atoms with van der Waals surface area (Å²) in [4.78, 5) is 11.3. The molecule has 0 unspecified atom stereocenters. The van der Waals surface area contributed by atoms with Crippen molar-refractivity contribution in [2.45, 2.75) is 25.9 Å². The fourth-order valence-corrected chi connectivity index (χ4v) is 1.57. The first-order valence-corrected chi connectivity index (χ1v) is 6.27. The van der Waals surface area contributed by atoms with Crippen molar-refractivity contribution in [1.82, 2.24) is 0 Å². The summed E-state index contributed by atoms with van der Waals surface area (Å²) in [6, 6.07) is 6.80. The number of ketones is 1. The molecular weight excluding hydrogens is 273 g/mol. The van der Waals surface area contributed by atoms with E-state index in [2.05, 4.69) is 0 Å². The highest BCUT2D eigenvalue weighted by Gasteiger charge is 2.25. The zero-order valence-corrected chi connectivity index (χ0v) is 11.2. The number of Topliss-reactive ketones (excluding diaryl/α,β-unsaturated/α-hetero) is 1. The van der Waals surface area contributed by atoms with Crippen molar-refractivity contribution in [1.29, 1.82) is 0 Å². The minimum absolute atomic E-state index is 0.0389. The minimum Gasteiger partial charge on any atom is -0.490 e. The Kier molecular flexibility index (Phi) is 6.51. The van der Waals surface area contributed by atoms with Crippen LogP contribution < -0.4 is 4.74 Å². The van der Waals surface area contributed by atoms with Crippen LogP contribution >= 0.6 is 0 Å². The Hall–Kier alpha value is -1.56. The summed E-state index contributed by atoms with van der Waals surface area (Å²) in [6.07, 6.45) is -5.05. The second-order valence-electron chi connectivity index (χ2n) is 4.23. The molecule has 0 fully saturated rings. The molecule has 0 aliphatic heterocycles. The van der Waals surface area contributed by atoms with Gasteiger partial charge in [0.15, 0.2) is 5.78 Å². The van der Waals surface area contributed by atoms with Crippen molar-refractivity contribution in [3.8, 4) is 5.75 Å². The first-order chi connectivity index (χ1) is 9.40. The molecule has 0 saturated heterocycles. The highest BCUT2D eigenvalue weighted by atomic mass is 19.4. The van der Waals surface area contributed by atoms with E-state index in [1.54, 1.807) is 24.3 Å². The Balaban J connectivity index is 2.20. The SMILES string of the molecule is CC(=O)c1ccccc1OCCOCCCC(F)(F)F. The van der Waals surface area contributed by atoms with Gasteiger partial charge in [-0.15, -0.1) is 0 Å². The van der Waals surface area contributed by atoms with Gasteiger partial charge in [-0.3, -0.25) is 4.79 Å². The Bertz CT molecular complexity index is 430. The molecule has 0 heterocycles. The normalized spacial score (nSPS) is 11.4. The predicted molar refractivity (Wildman–Crippen MR) is 68.0 cm³/mol. The monoisotopic (exact) mass is 290 g/mol. The van der Waals surface area contributed by atoms with Gasteiger partial charge in [0.2, 0.25) is 0 Å². The number of hydrogen-bond acceptors (Lipinski definition) is 3. The molecule has 6 heteroatoms. The first kappa shape index (κ1) is 16.5. The van der Waals surface area contributed by atoms with Gasteiger partial charge >= 0.3 is 6.18 Å². The number of para-hydroxylation sites is 1. The van der Waals surface area contributed by atoms with Crippen molar-refractivity contribution >= 4 is 5.78 Å². The van der Waals surface area contributed by atoms with Crippen LogP contribution in [-0.2, 0) is 4.74 Å². The van der Waals surface area contributed by atoms with Crippen LogP contribution in [0.5, 0.6) is 5.75 Å². The van der Waals surface area contributed by atoms with E-state index in [0.29, 0.717) is 11.3 Å². The Morgan fingerprint density at radius 1 is 1.15 bits per heavy atom. The van der Waals surface area contributed by atoms with Gasteiger partial charge in [-0.1, -0.05) is 12.1 Å². The maximum atomic E-state index is 11.9. The van der Waals surface area contributed by atoms with Crippen molar-refractivity contribution in [3.63, 3.8) is 0 Å². The van der Waals surface area contributed by atoms with Crippen LogP contribution in [-0.4, -0.2) is 31.8 Å². The lowest BCUT2D eigenvalue weighted by Crippen LogP contribution is -2.12. The van der Waals surface area contributed by atoms with Crippen LogP contribution in [0.4, 0.5) is 13.2 Å². The molecular formula is C14H17F3O3. The molecule has 1 aromatic carbocycles. The number of ether oxygens (including phenoxy) is 2. The zero-order chi connectivity index (χ0) is 15.0. The van der Waals surface area contributed by atoms with E-state index < -0.39 is 12.6 Å². The van der Waals surface area contributed by atoms with Crippen LogP contribution in [0.2, 0.25) is 0 Å². The summed E-state index contributed by atoms with van der Waals surface area (Å²) in [6.45, 7) is 1.85. The van der Waals surface area contributed by atoms with E-state index in [0.717, 1.165) is 0 Å². The summed E-state index contributed by atoms with van der Waals surface area (Å²) in [5.74, 6) is 0.352. The Morgan fingerprint density at radius 2 is 1.85 bits per heavy atom. The number of rotatable bonds is 8. The highest BCUT2D eigenvalue weighted by Crippen LogP contribution is 2.21. The Morgan fingerprint density at radius 3 is 2.50 bits per heavy atom. The van der Waals surface area contributed by atoms with Crippen molar-refractivity contribution in [3.05, 3.63) is 29.8 Å². The molecule has 0 bridgehead atoms. The third-order valence-electron chi connectivity index (χ3n) is 2.50. The van der Waals surface area contributed by atoms with Crippen LogP contribution in [0, 0.1) is 0 Å². The molecule has 0 atom stereocenters. The van der Waals surface area contributed by atoms with Gasteiger partial charge in [-0.05, 0) is 25.5 Å². The predicted octanol–water partition coefficient (Wildman–Crippen LogP) is 3.63. The fraction of sp³-hybridized carbons (Fsp3) is 0.500. The number of alkyl halides is 3. The number of hydrogen-bond donors (Lipinski definition) is 0. The summed E-state index contributed by atoms with van der Waals surface area (Å²) < 4.78 is 46.0. The molecule has 3 nitrogen and oxygen atoms in total. The van der Waals surface area contributed by atoms with Gasteiger partial charge in [0.05, 0.1) is 12.2 Å². The number of carbonyl (C=O) groups excluding carboxylic acids is 1. The second kappa shape index (κ2) is 7.89. The smallest absolute Gasteiger partial charge is 0.389 e. The molecule has 0 radical (unpaired) electrons. The minimum atomic E-state index is -4.14. The molecule has 0 aliphatic rings. The van der Waals surface area contributed by atoms with E-state index in [1.807, 2.05) is 0 Å². The van der Waals surface area contributed by atoms with Crippen LogP contribution in [0.15, 0.2) is 24.3 Å². The first-order valence-electron chi connectivity index (χ1n) is 6.27. The Labute approximate surface area is 115 Å². The van der Waals surface area contributed by atoms with E-state index >= 15 is 0 Å². The van der Waals surface area contributed by atoms with Crippen LogP contribution in [0.3, 0.4) is 0 Å². The van der Waals surface area contributed by atoms with E-state index in [-0.39, 0.29) is 32.0 Å². The topological polar surface area (TPSA) is 35.5 Å². The van der Waals surface area contributed by atoms with Gasteiger partial charge in [-0.25, -0.2) is 0 Å². The molecule has 0 spiro atoms. The lowest BCUT2D eigenvalue weighted by Gasteiger charge is -2.10. The second-order valence-corrected chi connectivity index (χ2v) is 4.23. The molecule has 0 amide bonds. The molecule has 0 aromatic heterocycles. The summed E-state index contributed by atoms with van der Waals surface area (Å²) in [5.41, 5.74) is 0.476. The van der Waals surface area contributed by atoms with Crippen molar-refractivity contribution < 1.29 is 27.4 Å². The van der Waals surface area contributed by atoms with E-state index in [1.165, 1.54) is 6.92 Å². The number of carbonyl (C=O) groups is 1. The fourth-order valence-electron chi connectivity index (χ4n) is 1.57. The van der Waals surface area contributed by atoms with Gasteiger partial charge in [0.25, 0.3) is 0 Å². The quantitative estimate of drug-likeness (QED) is 0.542. The molecule has 0 saturated carbocycles.